The minimum atomic E-state index is -0.213. The Bertz CT molecular complexity index is 1030. The summed E-state index contributed by atoms with van der Waals surface area (Å²) in [7, 11) is 0. The van der Waals surface area contributed by atoms with Crippen molar-refractivity contribution < 1.29 is 32.7 Å². The van der Waals surface area contributed by atoms with Gasteiger partial charge < -0.3 is 23.1 Å². The van der Waals surface area contributed by atoms with Crippen LogP contribution < -0.4 is 9.47 Å². The summed E-state index contributed by atoms with van der Waals surface area (Å²) in [5.74, 6) is 1.20. The second-order valence-electron chi connectivity index (χ2n) is 9.19. The number of esters is 2. The molecule has 0 saturated heterocycles. The molecule has 40 heavy (non-hydrogen) atoms. The first-order chi connectivity index (χ1) is 19.5. The van der Waals surface area contributed by atoms with Crippen molar-refractivity contribution in [2.75, 3.05) is 32.7 Å². The number of carbonyl (C=O) groups excluding carboxylic acids is 2. The second-order valence-corrected chi connectivity index (χ2v) is 10.7. The fourth-order valence-electron chi connectivity index (χ4n) is 4.23. The molecule has 0 fully saturated rings. The topological polar surface area (TPSA) is 80.3 Å². The molecule has 0 N–H and O–H groups in total. The molecule has 0 amide bonds. The highest BCUT2D eigenvalue weighted by Crippen LogP contribution is 2.27. The van der Waals surface area contributed by atoms with Crippen LogP contribution in [0.1, 0.15) is 75.5 Å². The SMILES string of the molecule is CCOC(=O)CCCOc1cccc(CCCCCCOc2cc(Br)cc(COSC)c2)c1CCC(=O)OCC. The van der Waals surface area contributed by atoms with E-state index in [1.807, 2.05) is 43.5 Å². The minimum Gasteiger partial charge on any atom is -0.494 e. The van der Waals surface area contributed by atoms with Gasteiger partial charge in [0.1, 0.15) is 11.5 Å². The van der Waals surface area contributed by atoms with Crippen molar-refractivity contribution in [1.82, 2.24) is 0 Å². The van der Waals surface area contributed by atoms with E-state index in [2.05, 4.69) is 22.0 Å². The van der Waals surface area contributed by atoms with Crippen molar-refractivity contribution >= 4 is 39.9 Å². The summed E-state index contributed by atoms with van der Waals surface area (Å²) in [4.78, 5) is 23.7. The molecule has 0 aliphatic carbocycles. The third-order valence-electron chi connectivity index (χ3n) is 6.09. The molecule has 0 aliphatic heterocycles. The van der Waals surface area contributed by atoms with E-state index in [0.29, 0.717) is 58.7 Å². The largest absolute Gasteiger partial charge is 0.494 e. The molecule has 0 spiro atoms. The normalized spacial score (nSPS) is 10.8. The lowest BCUT2D eigenvalue weighted by Gasteiger charge is -2.16. The van der Waals surface area contributed by atoms with Gasteiger partial charge in [-0.2, -0.15) is 0 Å². The maximum absolute atomic E-state index is 12.0. The van der Waals surface area contributed by atoms with Gasteiger partial charge in [0.25, 0.3) is 0 Å². The van der Waals surface area contributed by atoms with Crippen molar-refractivity contribution in [3.8, 4) is 11.5 Å². The van der Waals surface area contributed by atoms with Crippen LogP contribution in [0, 0.1) is 0 Å². The fraction of sp³-hybridized carbons (Fsp3) is 0.548. The number of carbonyl (C=O) groups is 2. The zero-order valence-electron chi connectivity index (χ0n) is 24.0. The van der Waals surface area contributed by atoms with Crippen LogP contribution in [0.2, 0.25) is 0 Å². The van der Waals surface area contributed by atoms with Crippen LogP contribution in [0.3, 0.4) is 0 Å². The van der Waals surface area contributed by atoms with Crippen LogP contribution in [0.15, 0.2) is 40.9 Å². The zero-order chi connectivity index (χ0) is 29.0. The Morgan fingerprint density at radius 3 is 2.30 bits per heavy atom. The molecule has 0 bridgehead atoms. The number of halogens is 1. The molecule has 2 aromatic carbocycles. The smallest absolute Gasteiger partial charge is 0.306 e. The Balaban J connectivity index is 1.84. The van der Waals surface area contributed by atoms with E-state index in [1.165, 1.54) is 17.6 Å². The van der Waals surface area contributed by atoms with Crippen LogP contribution in [0.5, 0.6) is 11.5 Å². The van der Waals surface area contributed by atoms with Crippen molar-refractivity contribution in [2.45, 2.75) is 78.2 Å². The average molecular weight is 640 g/mol. The summed E-state index contributed by atoms with van der Waals surface area (Å²) in [6, 6.07) is 12.1. The van der Waals surface area contributed by atoms with Gasteiger partial charge >= 0.3 is 11.9 Å². The first kappa shape index (κ1) is 34.0. The Morgan fingerprint density at radius 1 is 0.825 bits per heavy atom. The lowest BCUT2D eigenvalue weighted by molar-refractivity contribution is -0.144. The minimum absolute atomic E-state index is 0.208. The summed E-state index contributed by atoms with van der Waals surface area (Å²) < 4.78 is 28.6. The number of unbranched alkanes of at least 4 members (excludes halogenated alkanes) is 3. The van der Waals surface area contributed by atoms with Gasteiger partial charge in [0.05, 0.1) is 33.0 Å². The highest BCUT2D eigenvalue weighted by atomic mass is 79.9. The van der Waals surface area contributed by atoms with Crippen LogP contribution in [-0.2, 0) is 42.7 Å². The molecule has 0 atom stereocenters. The number of benzene rings is 2. The van der Waals surface area contributed by atoms with Gasteiger partial charge in [-0.25, -0.2) is 0 Å². The third-order valence-corrected chi connectivity index (χ3v) is 6.90. The molecule has 0 aliphatic rings. The van der Waals surface area contributed by atoms with Crippen LogP contribution in [-0.4, -0.2) is 44.6 Å². The monoisotopic (exact) mass is 638 g/mol. The summed E-state index contributed by atoms with van der Waals surface area (Å²) in [5, 5.41) is 0. The van der Waals surface area contributed by atoms with E-state index in [-0.39, 0.29) is 11.9 Å². The molecule has 0 unspecified atom stereocenters. The Kier molecular flexibility index (Phi) is 17.5. The predicted molar refractivity (Wildman–Crippen MR) is 163 cm³/mol. The van der Waals surface area contributed by atoms with E-state index >= 15 is 0 Å². The first-order valence-electron chi connectivity index (χ1n) is 14.1. The second kappa shape index (κ2) is 20.6. The number of aryl methyl sites for hydroxylation is 1. The van der Waals surface area contributed by atoms with Gasteiger partial charge in [-0.1, -0.05) is 40.9 Å². The molecule has 2 aromatic rings. The molecular formula is C31H43BrO7S. The molecule has 222 valence electrons. The summed E-state index contributed by atoms with van der Waals surface area (Å²) >= 11 is 4.89. The van der Waals surface area contributed by atoms with Crippen LogP contribution >= 0.6 is 28.0 Å². The Morgan fingerprint density at radius 2 is 1.55 bits per heavy atom. The van der Waals surface area contributed by atoms with Gasteiger partial charge in [0.2, 0.25) is 0 Å². The molecule has 0 radical (unpaired) electrons. The van der Waals surface area contributed by atoms with E-state index < -0.39 is 0 Å². The highest BCUT2D eigenvalue weighted by Gasteiger charge is 2.13. The van der Waals surface area contributed by atoms with Crippen molar-refractivity contribution in [3.63, 3.8) is 0 Å². The molecule has 7 nitrogen and oxygen atoms in total. The molecular weight excluding hydrogens is 596 g/mol. The molecule has 0 saturated carbocycles. The van der Waals surface area contributed by atoms with Gasteiger partial charge in [-0.3, -0.25) is 9.59 Å². The quantitative estimate of drug-likeness (QED) is 0.0784. The van der Waals surface area contributed by atoms with E-state index in [1.54, 1.807) is 6.92 Å². The average Bonchev–Trinajstić information content (AvgIpc) is 2.93. The molecule has 0 aromatic heterocycles. The van der Waals surface area contributed by atoms with Crippen molar-refractivity contribution in [1.29, 1.82) is 0 Å². The van der Waals surface area contributed by atoms with Gasteiger partial charge in [-0.05, 0) is 99.0 Å². The Hall–Kier alpha value is -2.23. The van der Waals surface area contributed by atoms with Crippen molar-refractivity contribution in [3.05, 3.63) is 57.6 Å². The third kappa shape index (κ3) is 13.9. The van der Waals surface area contributed by atoms with E-state index in [4.69, 9.17) is 23.1 Å². The van der Waals surface area contributed by atoms with E-state index in [0.717, 1.165) is 59.2 Å². The highest BCUT2D eigenvalue weighted by molar-refractivity contribution is 9.10. The zero-order valence-corrected chi connectivity index (χ0v) is 26.4. The number of hydrogen-bond donors (Lipinski definition) is 0. The molecule has 0 heterocycles. The lowest BCUT2D eigenvalue weighted by Crippen LogP contribution is -2.10. The number of hydrogen-bond acceptors (Lipinski definition) is 8. The Labute approximate surface area is 252 Å². The van der Waals surface area contributed by atoms with Gasteiger partial charge in [0, 0.05) is 23.6 Å². The van der Waals surface area contributed by atoms with Crippen LogP contribution in [0.4, 0.5) is 0 Å². The summed E-state index contributed by atoms with van der Waals surface area (Å²) in [6.45, 7) is 5.99. The standard InChI is InChI=1S/C31H43BrO7S/c1-4-35-30(33)15-11-19-38-29-14-10-13-25(28(29)16-17-31(34)36-5-2)12-8-6-7-9-18-37-27-21-24(23-39-40-3)20-26(32)22-27/h10,13-14,20-22H,4-9,11-12,15-19,23H2,1-3H3. The van der Waals surface area contributed by atoms with Crippen LogP contribution in [0.25, 0.3) is 0 Å². The first-order valence-corrected chi connectivity index (χ1v) is 16.0. The van der Waals surface area contributed by atoms with Gasteiger partial charge in [0.15, 0.2) is 0 Å². The predicted octanol–water partition coefficient (Wildman–Crippen LogP) is 7.64. The van der Waals surface area contributed by atoms with Gasteiger partial charge in [-0.15, -0.1) is 0 Å². The van der Waals surface area contributed by atoms with Crippen molar-refractivity contribution in [2.24, 2.45) is 0 Å². The van der Waals surface area contributed by atoms with E-state index in [9.17, 15) is 9.59 Å². The summed E-state index contributed by atoms with van der Waals surface area (Å²) in [6.07, 6.45) is 8.74. The number of rotatable bonds is 21. The maximum Gasteiger partial charge on any atom is 0.306 e. The summed E-state index contributed by atoms with van der Waals surface area (Å²) in [5.41, 5.74) is 3.31. The fourth-order valence-corrected chi connectivity index (χ4v) is 5.01. The molecule has 9 heteroatoms. The molecule has 2 rings (SSSR count). The maximum atomic E-state index is 12.0. The lowest BCUT2D eigenvalue weighted by atomic mass is 9.96. The number of ether oxygens (including phenoxy) is 4.